The van der Waals surface area contributed by atoms with Gasteiger partial charge in [0, 0.05) is 28.8 Å². The molecule has 1 aliphatic heterocycles. The number of hydrogen-bond donors (Lipinski definition) is 2. The fourth-order valence-corrected chi connectivity index (χ4v) is 3.09. The van der Waals surface area contributed by atoms with Gasteiger partial charge in [-0.1, -0.05) is 41.4 Å². The summed E-state index contributed by atoms with van der Waals surface area (Å²) in [6, 6.07) is 14.7. The first-order valence-corrected chi connectivity index (χ1v) is 8.10. The van der Waals surface area contributed by atoms with Gasteiger partial charge in [-0.25, -0.2) is 10.9 Å². The molecule has 2 unspecified atom stereocenters. The molecule has 0 saturated carbocycles. The minimum absolute atomic E-state index is 0.00991. The van der Waals surface area contributed by atoms with Gasteiger partial charge in [-0.2, -0.15) is 0 Å². The average Bonchev–Trinajstić information content (AvgIpc) is 3.03. The van der Waals surface area contributed by atoms with Crippen LogP contribution in [0.15, 0.2) is 48.5 Å². The monoisotopic (exact) mass is 349 g/mol. The summed E-state index contributed by atoms with van der Waals surface area (Å²) in [5.41, 5.74) is 8.07. The molecular weight excluding hydrogens is 333 g/mol. The van der Waals surface area contributed by atoms with Gasteiger partial charge in [-0.3, -0.25) is 4.79 Å². The van der Waals surface area contributed by atoms with Gasteiger partial charge in [0.05, 0.1) is 0 Å². The molecule has 0 radical (unpaired) electrons. The number of halogens is 2. The molecule has 2 N–H and O–H groups in total. The van der Waals surface area contributed by atoms with E-state index in [2.05, 4.69) is 10.9 Å². The summed E-state index contributed by atoms with van der Waals surface area (Å²) in [5.74, 6) is -0.00991. The lowest BCUT2D eigenvalue weighted by Gasteiger charge is -2.21. The van der Waals surface area contributed by atoms with E-state index < -0.39 is 0 Å². The summed E-state index contributed by atoms with van der Waals surface area (Å²) in [5, 5.41) is 1.30. The van der Waals surface area contributed by atoms with Crippen molar-refractivity contribution in [3.8, 4) is 0 Å². The second kappa shape index (κ2) is 6.89. The Balaban J connectivity index is 1.70. The van der Waals surface area contributed by atoms with E-state index in [-0.39, 0.29) is 18.0 Å². The van der Waals surface area contributed by atoms with Crippen LogP contribution in [-0.4, -0.2) is 19.0 Å². The van der Waals surface area contributed by atoms with Crippen molar-refractivity contribution in [1.29, 1.82) is 0 Å². The predicted molar refractivity (Wildman–Crippen MR) is 93.7 cm³/mol. The minimum Gasteiger partial charge on any atom is -0.314 e. The Kier molecular flexibility index (Phi) is 4.87. The fourth-order valence-electron chi connectivity index (χ4n) is 2.71. The van der Waals surface area contributed by atoms with E-state index in [4.69, 9.17) is 23.2 Å². The molecule has 0 spiro atoms. The maximum Gasteiger partial charge on any atom is 0.245 e. The van der Waals surface area contributed by atoms with Crippen LogP contribution in [0.4, 0.5) is 5.69 Å². The molecule has 6 heteroatoms. The number of hydrazine groups is 1. The van der Waals surface area contributed by atoms with Crippen molar-refractivity contribution >= 4 is 34.8 Å². The lowest BCUT2D eigenvalue weighted by molar-refractivity contribution is -0.120. The molecule has 1 saturated heterocycles. The Morgan fingerprint density at radius 2 is 1.78 bits per heavy atom. The highest BCUT2D eigenvalue weighted by atomic mass is 35.5. The number of benzene rings is 2. The summed E-state index contributed by atoms with van der Waals surface area (Å²) >= 11 is 12.0. The van der Waals surface area contributed by atoms with Crippen molar-refractivity contribution in [1.82, 2.24) is 10.9 Å². The van der Waals surface area contributed by atoms with Crippen LogP contribution in [0.3, 0.4) is 0 Å². The zero-order valence-corrected chi connectivity index (χ0v) is 14.1. The standard InChI is InChI=1S/C17H17Cl2N3O/c1-22(14-7-3-6-13(19)9-14)17(23)16-10-15(20-21-16)11-4-2-5-12(18)8-11/h2-9,15-16,20-21H,10H2,1H3. The van der Waals surface area contributed by atoms with Gasteiger partial charge < -0.3 is 4.90 Å². The number of carbonyl (C=O) groups excluding carboxylic acids is 1. The molecular formula is C17H17Cl2N3O. The zero-order chi connectivity index (χ0) is 16.4. The Hall–Kier alpha value is -1.59. The molecule has 2 atom stereocenters. The van der Waals surface area contributed by atoms with Crippen molar-refractivity contribution in [2.45, 2.75) is 18.5 Å². The normalized spacial score (nSPS) is 20.5. The van der Waals surface area contributed by atoms with Crippen molar-refractivity contribution < 1.29 is 4.79 Å². The van der Waals surface area contributed by atoms with Gasteiger partial charge in [0.1, 0.15) is 6.04 Å². The van der Waals surface area contributed by atoms with Crippen molar-refractivity contribution in [2.24, 2.45) is 0 Å². The summed E-state index contributed by atoms with van der Waals surface area (Å²) in [4.78, 5) is 14.3. The molecule has 23 heavy (non-hydrogen) atoms. The number of anilines is 1. The molecule has 1 aliphatic rings. The number of likely N-dealkylation sites (N-methyl/N-ethyl adjacent to an activating group) is 1. The van der Waals surface area contributed by atoms with E-state index in [1.54, 1.807) is 24.1 Å². The van der Waals surface area contributed by atoms with Crippen LogP contribution in [0.5, 0.6) is 0 Å². The highest BCUT2D eigenvalue weighted by molar-refractivity contribution is 6.31. The molecule has 2 aromatic carbocycles. The van der Waals surface area contributed by atoms with Gasteiger partial charge in [0.25, 0.3) is 0 Å². The van der Waals surface area contributed by atoms with Gasteiger partial charge in [0.15, 0.2) is 0 Å². The molecule has 1 heterocycles. The highest BCUT2D eigenvalue weighted by Gasteiger charge is 2.32. The molecule has 1 amide bonds. The van der Waals surface area contributed by atoms with Crippen LogP contribution < -0.4 is 15.8 Å². The average molecular weight is 350 g/mol. The van der Waals surface area contributed by atoms with E-state index >= 15 is 0 Å². The largest absolute Gasteiger partial charge is 0.314 e. The van der Waals surface area contributed by atoms with Crippen LogP contribution in [0.25, 0.3) is 0 Å². The second-order valence-corrected chi connectivity index (χ2v) is 6.43. The van der Waals surface area contributed by atoms with Crippen LogP contribution >= 0.6 is 23.2 Å². The Morgan fingerprint density at radius 3 is 2.48 bits per heavy atom. The summed E-state index contributed by atoms with van der Waals surface area (Å²) in [6.07, 6.45) is 0.657. The van der Waals surface area contributed by atoms with E-state index in [1.807, 2.05) is 36.4 Å². The van der Waals surface area contributed by atoms with Gasteiger partial charge in [-0.05, 0) is 42.3 Å². The summed E-state index contributed by atoms with van der Waals surface area (Å²) in [7, 11) is 1.75. The van der Waals surface area contributed by atoms with Crippen molar-refractivity contribution in [3.05, 3.63) is 64.1 Å². The number of amides is 1. The van der Waals surface area contributed by atoms with Crippen LogP contribution in [-0.2, 0) is 4.79 Å². The summed E-state index contributed by atoms with van der Waals surface area (Å²) < 4.78 is 0. The lowest BCUT2D eigenvalue weighted by Crippen LogP contribution is -2.44. The van der Waals surface area contributed by atoms with E-state index in [0.717, 1.165) is 11.3 Å². The second-order valence-electron chi connectivity index (χ2n) is 5.56. The SMILES string of the molecule is CN(C(=O)C1CC(c2cccc(Cl)c2)NN1)c1cccc(Cl)c1. The first-order chi connectivity index (χ1) is 11.0. The molecule has 0 bridgehead atoms. The quantitative estimate of drug-likeness (QED) is 0.890. The van der Waals surface area contributed by atoms with Gasteiger partial charge in [-0.15, -0.1) is 0 Å². The zero-order valence-electron chi connectivity index (χ0n) is 12.6. The number of nitrogens with zero attached hydrogens (tertiary/aromatic N) is 1. The van der Waals surface area contributed by atoms with E-state index in [1.165, 1.54) is 0 Å². The predicted octanol–water partition coefficient (Wildman–Crippen LogP) is 3.56. The number of rotatable bonds is 3. The number of nitrogens with one attached hydrogen (secondary N) is 2. The number of carbonyl (C=O) groups is 1. The fraction of sp³-hybridized carbons (Fsp3) is 0.235. The molecule has 120 valence electrons. The van der Waals surface area contributed by atoms with Gasteiger partial charge in [0.2, 0.25) is 5.91 Å². The van der Waals surface area contributed by atoms with Crippen LogP contribution in [0, 0.1) is 0 Å². The van der Waals surface area contributed by atoms with Gasteiger partial charge >= 0.3 is 0 Å². The van der Waals surface area contributed by atoms with Crippen molar-refractivity contribution in [3.63, 3.8) is 0 Å². The molecule has 0 aliphatic carbocycles. The maximum absolute atomic E-state index is 12.7. The molecule has 2 aromatic rings. The minimum atomic E-state index is -0.303. The molecule has 3 rings (SSSR count). The molecule has 4 nitrogen and oxygen atoms in total. The van der Waals surface area contributed by atoms with E-state index in [0.29, 0.717) is 16.5 Å². The third kappa shape index (κ3) is 3.67. The van der Waals surface area contributed by atoms with Crippen LogP contribution in [0.2, 0.25) is 10.0 Å². The maximum atomic E-state index is 12.7. The lowest BCUT2D eigenvalue weighted by atomic mass is 10.0. The summed E-state index contributed by atoms with van der Waals surface area (Å²) in [6.45, 7) is 0. The third-order valence-corrected chi connectivity index (χ3v) is 4.45. The topological polar surface area (TPSA) is 44.4 Å². The third-order valence-electron chi connectivity index (χ3n) is 3.98. The molecule has 1 fully saturated rings. The van der Waals surface area contributed by atoms with Crippen LogP contribution in [0.1, 0.15) is 18.0 Å². The first-order valence-electron chi connectivity index (χ1n) is 7.34. The first kappa shape index (κ1) is 16.3. The molecule has 0 aromatic heterocycles. The Morgan fingerprint density at radius 1 is 1.09 bits per heavy atom. The van der Waals surface area contributed by atoms with E-state index in [9.17, 15) is 4.79 Å². The number of hydrogen-bond acceptors (Lipinski definition) is 3. The van der Waals surface area contributed by atoms with Crippen molar-refractivity contribution in [2.75, 3.05) is 11.9 Å². The Bertz CT molecular complexity index is 722. The highest BCUT2D eigenvalue weighted by Crippen LogP contribution is 2.26. The Labute approximate surface area is 145 Å². The smallest absolute Gasteiger partial charge is 0.245 e.